The highest BCUT2D eigenvalue weighted by Gasteiger charge is 2.08. The number of imidazole rings is 1. The minimum absolute atomic E-state index is 0.0835. The number of aliphatic hydroxyl groups is 1. The van der Waals surface area contributed by atoms with Crippen molar-refractivity contribution in [1.82, 2.24) is 19.9 Å². The molecule has 0 spiro atoms. The first-order chi connectivity index (χ1) is 14.3. The molecule has 0 fully saturated rings. The van der Waals surface area contributed by atoms with Crippen molar-refractivity contribution in [2.75, 3.05) is 0 Å². The Morgan fingerprint density at radius 2 is 1.90 bits per heavy atom. The standard InChI is InChI=1S/C24H22N4O/c29-15-24-27-21-8-5-17(14-22(21)28-24)13-20-10-11-25-23(26-20)9-6-16-4-7-18-2-1-3-19(18)12-16/h1,3-5,7-8,10-12,14,29H,2,6,9,13,15H2,(H,27,28). The molecule has 5 nitrogen and oxygen atoms in total. The Labute approximate surface area is 169 Å². The van der Waals surface area contributed by atoms with Gasteiger partial charge in [0.2, 0.25) is 0 Å². The summed E-state index contributed by atoms with van der Waals surface area (Å²) in [5, 5.41) is 9.24. The third kappa shape index (κ3) is 3.82. The number of benzene rings is 2. The van der Waals surface area contributed by atoms with E-state index < -0.39 is 0 Å². The van der Waals surface area contributed by atoms with Crippen LogP contribution in [-0.2, 0) is 32.3 Å². The Morgan fingerprint density at radius 1 is 0.966 bits per heavy atom. The van der Waals surface area contributed by atoms with Crippen LogP contribution in [0.15, 0.2) is 54.7 Å². The number of aromatic nitrogens is 4. The van der Waals surface area contributed by atoms with Crippen LogP contribution in [0.4, 0.5) is 0 Å². The summed E-state index contributed by atoms with van der Waals surface area (Å²) in [6.45, 7) is -0.0835. The minimum Gasteiger partial charge on any atom is -0.388 e. The second kappa shape index (κ2) is 7.60. The number of fused-ring (bicyclic) bond motifs is 2. The molecule has 1 aliphatic rings. The quantitative estimate of drug-likeness (QED) is 0.532. The maximum Gasteiger partial charge on any atom is 0.133 e. The van der Waals surface area contributed by atoms with Crippen molar-refractivity contribution in [1.29, 1.82) is 0 Å². The number of aliphatic hydroxyl groups excluding tert-OH is 1. The summed E-state index contributed by atoms with van der Waals surface area (Å²) in [4.78, 5) is 16.7. The fourth-order valence-corrected chi connectivity index (χ4v) is 3.87. The highest BCUT2D eigenvalue weighted by molar-refractivity contribution is 5.76. The average molecular weight is 382 g/mol. The van der Waals surface area contributed by atoms with Gasteiger partial charge in [-0.3, -0.25) is 0 Å². The van der Waals surface area contributed by atoms with Crippen molar-refractivity contribution >= 4 is 17.1 Å². The Kier molecular flexibility index (Phi) is 4.66. The molecule has 0 atom stereocenters. The van der Waals surface area contributed by atoms with Gasteiger partial charge in [-0.1, -0.05) is 36.4 Å². The van der Waals surface area contributed by atoms with E-state index in [1.165, 1.54) is 16.7 Å². The van der Waals surface area contributed by atoms with E-state index in [0.29, 0.717) is 5.82 Å². The Balaban J connectivity index is 1.29. The lowest BCUT2D eigenvalue weighted by atomic mass is 10.0. The smallest absolute Gasteiger partial charge is 0.133 e. The van der Waals surface area contributed by atoms with Gasteiger partial charge in [-0.05, 0) is 53.3 Å². The van der Waals surface area contributed by atoms with E-state index in [4.69, 9.17) is 4.98 Å². The monoisotopic (exact) mass is 382 g/mol. The summed E-state index contributed by atoms with van der Waals surface area (Å²) in [6, 6.07) is 14.8. The topological polar surface area (TPSA) is 74.7 Å². The molecule has 29 heavy (non-hydrogen) atoms. The molecule has 2 aromatic heterocycles. The van der Waals surface area contributed by atoms with Crippen molar-refractivity contribution in [2.45, 2.75) is 32.3 Å². The molecule has 1 aliphatic carbocycles. The molecule has 0 unspecified atom stereocenters. The van der Waals surface area contributed by atoms with E-state index in [0.717, 1.165) is 53.8 Å². The summed E-state index contributed by atoms with van der Waals surface area (Å²) >= 11 is 0. The number of nitrogens with zero attached hydrogens (tertiary/aromatic N) is 3. The van der Waals surface area contributed by atoms with E-state index in [-0.39, 0.29) is 6.61 Å². The molecule has 0 saturated carbocycles. The van der Waals surface area contributed by atoms with Gasteiger partial charge in [-0.2, -0.15) is 0 Å². The Morgan fingerprint density at radius 3 is 2.83 bits per heavy atom. The van der Waals surface area contributed by atoms with Crippen LogP contribution in [0.2, 0.25) is 0 Å². The summed E-state index contributed by atoms with van der Waals surface area (Å²) in [5.74, 6) is 1.47. The van der Waals surface area contributed by atoms with Gasteiger partial charge in [-0.25, -0.2) is 15.0 Å². The van der Waals surface area contributed by atoms with Crippen LogP contribution in [0.1, 0.15) is 39.6 Å². The van der Waals surface area contributed by atoms with Crippen LogP contribution in [-0.4, -0.2) is 25.0 Å². The molecule has 0 aliphatic heterocycles. The molecule has 0 amide bonds. The van der Waals surface area contributed by atoms with Gasteiger partial charge in [0, 0.05) is 24.7 Å². The van der Waals surface area contributed by atoms with Gasteiger partial charge in [0.05, 0.1) is 11.0 Å². The lowest BCUT2D eigenvalue weighted by Crippen LogP contribution is -2.02. The molecule has 2 heterocycles. The van der Waals surface area contributed by atoms with Gasteiger partial charge < -0.3 is 10.1 Å². The van der Waals surface area contributed by atoms with Crippen molar-refractivity contribution in [2.24, 2.45) is 0 Å². The zero-order valence-electron chi connectivity index (χ0n) is 16.1. The number of rotatable bonds is 6. The summed E-state index contributed by atoms with van der Waals surface area (Å²) in [7, 11) is 0. The first kappa shape index (κ1) is 17.8. The molecule has 2 N–H and O–H groups in total. The molecule has 144 valence electrons. The molecule has 5 rings (SSSR count). The number of hydrogen-bond donors (Lipinski definition) is 2. The zero-order chi connectivity index (χ0) is 19.6. The third-order valence-electron chi connectivity index (χ3n) is 5.38. The molecule has 5 heteroatoms. The minimum atomic E-state index is -0.0835. The Hall–Kier alpha value is -3.31. The summed E-state index contributed by atoms with van der Waals surface area (Å²) in [5.41, 5.74) is 8.04. The van der Waals surface area contributed by atoms with E-state index >= 15 is 0 Å². The highest BCUT2D eigenvalue weighted by Crippen LogP contribution is 2.21. The second-order valence-electron chi connectivity index (χ2n) is 7.47. The maximum absolute atomic E-state index is 9.24. The van der Waals surface area contributed by atoms with E-state index in [9.17, 15) is 5.11 Å². The van der Waals surface area contributed by atoms with E-state index in [1.807, 2.05) is 18.3 Å². The lowest BCUT2D eigenvalue weighted by molar-refractivity contribution is 0.273. The van der Waals surface area contributed by atoms with Gasteiger partial charge in [0.1, 0.15) is 18.3 Å². The number of nitrogens with one attached hydrogen (secondary N) is 1. The third-order valence-corrected chi connectivity index (χ3v) is 5.38. The van der Waals surface area contributed by atoms with Crippen molar-refractivity contribution < 1.29 is 5.11 Å². The van der Waals surface area contributed by atoms with Crippen molar-refractivity contribution in [3.05, 3.63) is 94.3 Å². The summed E-state index contributed by atoms with van der Waals surface area (Å²) in [6.07, 6.45) is 9.82. The van der Waals surface area contributed by atoms with Crippen LogP contribution in [0.5, 0.6) is 0 Å². The van der Waals surface area contributed by atoms with Gasteiger partial charge >= 0.3 is 0 Å². The normalized spacial score (nSPS) is 12.6. The van der Waals surface area contributed by atoms with Crippen molar-refractivity contribution in [3.63, 3.8) is 0 Å². The zero-order valence-corrected chi connectivity index (χ0v) is 16.1. The van der Waals surface area contributed by atoms with E-state index in [2.05, 4.69) is 57.4 Å². The fourth-order valence-electron chi connectivity index (χ4n) is 3.87. The van der Waals surface area contributed by atoms with Crippen LogP contribution >= 0.6 is 0 Å². The van der Waals surface area contributed by atoms with Crippen LogP contribution in [0.3, 0.4) is 0 Å². The van der Waals surface area contributed by atoms with Crippen molar-refractivity contribution in [3.8, 4) is 0 Å². The maximum atomic E-state index is 9.24. The molecule has 0 saturated heterocycles. The van der Waals surface area contributed by atoms with Gasteiger partial charge in [0.25, 0.3) is 0 Å². The van der Waals surface area contributed by atoms with Crippen LogP contribution in [0.25, 0.3) is 17.1 Å². The molecule has 0 radical (unpaired) electrons. The molecule has 0 bridgehead atoms. The van der Waals surface area contributed by atoms with Crippen LogP contribution in [0, 0.1) is 0 Å². The molecular formula is C24H22N4O. The first-order valence-electron chi connectivity index (χ1n) is 9.94. The summed E-state index contributed by atoms with van der Waals surface area (Å²) < 4.78 is 0. The lowest BCUT2D eigenvalue weighted by Gasteiger charge is -2.06. The average Bonchev–Trinajstić information content (AvgIpc) is 3.38. The van der Waals surface area contributed by atoms with Gasteiger partial charge in [0.15, 0.2) is 0 Å². The molecular weight excluding hydrogens is 360 g/mol. The molecule has 2 aromatic carbocycles. The molecule has 4 aromatic rings. The predicted octanol–water partition coefficient (Wildman–Crippen LogP) is 3.79. The SMILES string of the molecule is OCc1nc2ccc(Cc3ccnc(CCc4ccc5c(c4)C=CC5)n3)cc2[nH]1. The number of allylic oxidation sites excluding steroid dienone is 1. The van der Waals surface area contributed by atoms with Crippen LogP contribution < -0.4 is 0 Å². The number of aryl methyl sites for hydroxylation is 2. The fraction of sp³-hybridized carbons (Fsp3) is 0.208. The van der Waals surface area contributed by atoms with E-state index in [1.54, 1.807) is 0 Å². The Bertz CT molecular complexity index is 1210. The largest absolute Gasteiger partial charge is 0.388 e. The first-order valence-corrected chi connectivity index (χ1v) is 9.94. The number of H-pyrrole nitrogens is 1. The number of hydrogen-bond acceptors (Lipinski definition) is 4. The van der Waals surface area contributed by atoms with Gasteiger partial charge in [-0.15, -0.1) is 0 Å². The number of aromatic amines is 1. The second-order valence-corrected chi connectivity index (χ2v) is 7.47. The highest BCUT2D eigenvalue weighted by atomic mass is 16.3. The predicted molar refractivity (Wildman–Crippen MR) is 113 cm³/mol.